The molecule has 0 bridgehead atoms. The Morgan fingerprint density at radius 1 is 1.17 bits per heavy atom. The maximum Gasteiger partial charge on any atom is 0.138 e. The van der Waals surface area contributed by atoms with Crippen LogP contribution in [0.15, 0.2) is 0 Å². The predicted octanol–water partition coefficient (Wildman–Crippen LogP) is -0.616. The van der Waals surface area contributed by atoms with Gasteiger partial charge in [-0.1, -0.05) is 5.04 Å². The lowest BCUT2D eigenvalue weighted by Gasteiger charge is -2.08. The second-order valence-corrected chi connectivity index (χ2v) is 0.842. The van der Waals surface area contributed by atoms with Crippen LogP contribution in [0.1, 0.15) is 0 Å². The Morgan fingerprint density at radius 3 is 2.00 bits per heavy atom. The Hall–Kier alpha value is -0.160. The molecule has 0 aromatic rings. The molecule has 4 heteroatoms. The van der Waals surface area contributed by atoms with Crippen LogP contribution in [0.3, 0.4) is 0 Å². The third kappa shape index (κ3) is 0.908. The van der Waals surface area contributed by atoms with Gasteiger partial charge in [-0.2, -0.15) is 9.78 Å². The topological polar surface area (TPSA) is 39.7 Å². The molecule has 0 atom stereocenters. The smallest absolute Gasteiger partial charge is 0.138 e. The molecule has 0 radical (unpaired) electrons. The van der Waals surface area contributed by atoms with Gasteiger partial charge in [0.25, 0.3) is 0 Å². The third-order valence-corrected chi connectivity index (χ3v) is 0.418. The number of rotatable bonds is 0. The van der Waals surface area contributed by atoms with Crippen LogP contribution in [-0.2, 0) is 14.8 Å². The van der Waals surface area contributed by atoms with Gasteiger partial charge in [-0.25, -0.2) is 0 Å². The zero-order valence-electron chi connectivity index (χ0n) is 3.14. The van der Waals surface area contributed by atoms with Crippen LogP contribution in [0.25, 0.3) is 0 Å². The number of hydrogen-bond acceptors (Lipinski definition) is 4. The van der Waals surface area contributed by atoms with E-state index in [0.717, 1.165) is 0 Å². The van der Waals surface area contributed by atoms with Gasteiger partial charge >= 0.3 is 0 Å². The summed E-state index contributed by atoms with van der Waals surface area (Å²) in [7, 11) is 0. The van der Waals surface area contributed by atoms with Crippen molar-refractivity contribution < 1.29 is 14.8 Å². The van der Waals surface area contributed by atoms with Crippen LogP contribution in [0.4, 0.5) is 0 Å². The van der Waals surface area contributed by atoms with Gasteiger partial charge in [0, 0.05) is 0 Å². The van der Waals surface area contributed by atoms with E-state index in [9.17, 15) is 0 Å². The van der Waals surface area contributed by atoms with Gasteiger partial charge in [-0.15, -0.1) is 0 Å². The zero-order chi connectivity index (χ0) is 4.24. The van der Waals surface area contributed by atoms with Gasteiger partial charge in [-0.3, -0.25) is 5.32 Å². The van der Waals surface area contributed by atoms with Crippen molar-refractivity contribution in [2.24, 2.45) is 0 Å². The summed E-state index contributed by atoms with van der Waals surface area (Å²) in [5.74, 6) is 0. The van der Waals surface area contributed by atoms with Crippen molar-refractivity contribution in [2.75, 3.05) is 13.5 Å². The summed E-state index contributed by atoms with van der Waals surface area (Å²) < 4.78 is 0. The highest BCUT2D eigenvalue weighted by Crippen LogP contribution is 1.82. The quantitative estimate of drug-likeness (QED) is 0.403. The molecule has 1 aliphatic rings. The molecule has 1 heterocycles. The Balaban J connectivity index is 2.00. The fourth-order valence-electron chi connectivity index (χ4n) is 0.207. The molecular formula is C2H5NO3. The van der Waals surface area contributed by atoms with E-state index in [-0.39, 0.29) is 0 Å². The van der Waals surface area contributed by atoms with Gasteiger partial charge in [0.15, 0.2) is 0 Å². The van der Waals surface area contributed by atoms with Crippen LogP contribution in [-0.4, -0.2) is 13.5 Å². The average molecular weight is 91.1 g/mol. The molecule has 0 aromatic heterocycles. The molecular weight excluding hydrogens is 86.0 g/mol. The number of hydrogen-bond donors (Lipinski definition) is 1. The monoisotopic (exact) mass is 91.0 g/mol. The fourth-order valence-corrected chi connectivity index (χ4v) is 0.207. The molecule has 4 nitrogen and oxygen atoms in total. The van der Waals surface area contributed by atoms with Crippen molar-refractivity contribution in [3.8, 4) is 0 Å². The van der Waals surface area contributed by atoms with Gasteiger partial charge in [0.05, 0.1) is 0 Å². The van der Waals surface area contributed by atoms with Crippen molar-refractivity contribution in [1.82, 2.24) is 5.32 Å². The van der Waals surface area contributed by atoms with E-state index in [1.165, 1.54) is 0 Å². The highest BCUT2D eigenvalue weighted by Gasteiger charge is 1.94. The van der Waals surface area contributed by atoms with E-state index in [1.54, 1.807) is 0 Å². The molecule has 1 aliphatic heterocycles. The minimum Gasteiger partial charge on any atom is -0.266 e. The van der Waals surface area contributed by atoms with Crippen LogP contribution in [0.2, 0.25) is 0 Å². The summed E-state index contributed by atoms with van der Waals surface area (Å²) in [6.45, 7) is 0.806. The van der Waals surface area contributed by atoms with Crippen LogP contribution in [0, 0.1) is 0 Å². The van der Waals surface area contributed by atoms with E-state index >= 15 is 0 Å². The van der Waals surface area contributed by atoms with Crippen molar-refractivity contribution >= 4 is 0 Å². The zero-order valence-corrected chi connectivity index (χ0v) is 3.14. The van der Waals surface area contributed by atoms with Gasteiger partial charge in [0.1, 0.15) is 13.5 Å². The van der Waals surface area contributed by atoms with Crippen LogP contribution in [0.5, 0.6) is 0 Å². The van der Waals surface area contributed by atoms with E-state index in [2.05, 4.69) is 20.1 Å². The largest absolute Gasteiger partial charge is 0.266 e. The molecule has 0 aromatic carbocycles. The molecule has 36 valence electrons. The lowest BCUT2D eigenvalue weighted by Crippen LogP contribution is -2.26. The molecule has 0 unspecified atom stereocenters. The second kappa shape index (κ2) is 2.09. The van der Waals surface area contributed by atoms with Crippen molar-refractivity contribution in [1.29, 1.82) is 0 Å². The highest BCUT2D eigenvalue weighted by molar-refractivity contribution is 4.17. The molecule has 0 saturated carbocycles. The fraction of sp³-hybridized carbons (Fsp3) is 1.00. The summed E-state index contributed by atoms with van der Waals surface area (Å²) in [5.41, 5.74) is 0. The molecule has 0 aliphatic carbocycles. The van der Waals surface area contributed by atoms with Crippen LogP contribution >= 0.6 is 0 Å². The Morgan fingerprint density at radius 2 is 1.83 bits per heavy atom. The standard InChI is InChI=1S/C2H5NO3/c1-3-2-5-6-4-1/h3H,1-2H2. The van der Waals surface area contributed by atoms with Crippen LogP contribution < -0.4 is 5.32 Å². The predicted molar refractivity (Wildman–Crippen MR) is 16.1 cm³/mol. The lowest BCUT2D eigenvalue weighted by atomic mass is 11.1. The summed E-state index contributed by atoms with van der Waals surface area (Å²) in [6.07, 6.45) is 0. The molecule has 1 fully saturated rings. The summed E-state index contributed by atoms with van der Waals surface area (Å²) >= 11 is 0. The minimum absolute atomic E-state index is 0.403. The summed E-state index contributed by atoms with van der Waals surface area (Å²) in [4.78, 5) is 8.47. The van der Waals surface area contributed by atoms with E-state index in [4.69, 9.17) is 0 Å². The highest BCUT2D eigenvalue weighted by atomic mass is 17.5. The molecule has 1 rings (SSSR count). The van der Waals surface area contributed by atoms with Gasteiger partial charge in [0.2, 0.25) is 0 Å². The first-order chi connectivity index (χ1) is 3.00. The van der Waals surface area contributed by atoms with Crippen molar-refractivity contribution in [3.05, 3.63) is 0 Å². The second-order valence-electron chi connectivity index (χ2n) is 0.842. The molecule has 0 amide bonds. The Kier molecular flexibility index (Phi) is 1.40. The maximum absolute atomic E-state index is 4.24. The Bertz CT molecular complexity index is 24.3. The molecule has 1 saturated heterocycles. The average Bonchev–Trinajstić information content (AvgIpc) is 1.72. The first-order valence-electron chi connectivity index (χ1n) is 1.62. The minimum atomic E-state index is 0.403. The third-order valence-electron chi connectivity index (χ3n) is 0.418. The van der Waals surface area contributed by atoms with E-state index < -0.39 is 0 Å². The summed E-state index contributed by atoms with van der Waals surface area (Å²) in [6, 6.07) is 0. The van der Waals surface area contributed by atoms with Crippen molar-refractivity contribution in [3.63, 3.8) is 0 Å². The van der Waals surface area contributed by atoms with E-state index in [0.29, 0.717) is 13.5 Å². The maximum atomic E-state index is 4.24. The number of nitrogens with one attached hydrogen (secondary N) is 1. The normalized spacial score (nSPS) is 24.0. The molecule has 1 N–H and O–H groups in total. The molecule has 6 heavy (non-hydrogen) atoms. The molecule has 0 spiro atoms. The van der Waals surface area contributed by atoms with Gasteiger partial charge in [-0.05, 0) is 0 Å². The lowest BCUT2D eigenvalue weighted by molar-refractivity contribution is -0.538. The summed E-state index contributed by atoms with van der Waals surface area (Å²) in [5, 5.41) is 6.72. The first-order valence-corrected chi connectivity index (χ1v) is 1.62. The first kappa shape index (κ1) is 4.01. The van der Waals surface area contributed by atoms with E-state index in [1.807, 2.05) is 0 Å². The Labute approximate surface area is 34.8 Å². The SMILES string of the molecule is C1NCOOO1. The van der Waals surface area contributed by atoms with Crippen molar-refractivity contribution in [2.45, 2.75) is 0 Å². The van der Waals surface area contributed by atoms with Gasteiger partial charge < -0.3 is 0 Å².